The molecule has 30 heavy (non-hydrogen) atoms. The molecule has 4 rings (SSSR count). The number of hydrogen-bond acceptors (Lipinski definition) is 1. The van der Waals surface area contributed by atoms with Crippen molar-refractivity contribution in [2.24, 2.45) is 0 Å². The summed E-state index contributed by atoms with van der Waals surface area (Å²) in [5, 5.41) is 4.39. The van der Waals surface area contributed by atoms with E-state index in [1.54, 1.807) is 0 Å². The third-order valence-electron chi connectivity index (χ3n) is 5.55. The molecule has 0 aliphatic rings. The predicted molar refractivity (Wildman–Crippen MR) is 126 cm³/mol. The van der Waals surface area contributed by atoms with E-state index in [0.29, 0.717) is 0 Å². The molecule has 0 saturated carbocycles. The summed E-state index contributed by atoms with van der Waals surface area (Å²) in [6.07, 6.45) is 4.49. The van der Waals surface area contributed by atoms with Crippen molar-refractivity contribution < 1.29 is 28.4 Å². The van der Waals surface area contributed by atoms with Crippen molar-refractivity contribution in [1.29, 1.82) is 0 Å². The molecule has 0 atom stereocenters. The van der Waals surface area contributed by atoms with E-state index in [2.05, 4.69) is 103 Å². The van der Waals surface area contributed by atoms with Crippen molar-refractivity contribution in [2.75, 3.05) is 6.16 Å². The third kappa shape index (κ3) is 5.04. The maximum atomic E-state index is 5.78. The Hall–Kier alpha value is -1.90. The van der Waals surface area contributed by atoms with E-state index < -0.39 is 7.26 Å². The van der Waals surface area contributed by atoms with Crippen LogP contribution in [0.2, 0.25) is 0 Å². The zero-order valence-electron chi connectivity index (χ0n) is 17.4. The van der Waals surface area contributed by atoms with Crippen LogP contribution in [-0.4, -0.2) is 6.16 Å². The Bertz CT molecular complexity index is 916. The molecule has 1 nitrogen and oxygen atoms in total. The Morgan fingerprint density at radius 2 is 1.07 bits per heavy atom. The first-order valence-electron chi connectivity index (χ1n) is 10.4. The van der Waals surface area contributed by atoms with E-state index in [1.807, 2.05) is 6.92 Å². The summed E-state index contributed by atoms with van der Waals surface area (Å²) < 4.78 is 5.78. The lowest BCUT2D eigenvalue weighted by Crippen LogP contribution is -3.00. The summed E-state index contributed by atoms with van der Waals surface area (Å²) in [5.41, 5.74) is 0. The van der Waals surface area contributed by atoms with Crippen molar-refractivity contribution in [3.05, 3.63) is 115 Å². The maximum absolute atomic E-state index is 5.78. The van der Waals surface area contributed by atoms with Crippen LogP contribution in [0.1, 0.15) is 24.4 Å². The Kier molecular flexibility index (Phi) is 8.30. The fraction of sp³-hybridized carbons (Fsp3) is 0.185. The number of furan rings is 1. The van der Waals surface area contributed by atoms with Gasteiger partial charge in [0.25, 0.3) is 0 Å². The first kappa shape index (κ1) is 22.8. The molecule has 0 aliphatic heterocycles. The summed E-state index contributed by atoms with van der Waals surface area (Å²) in [6.45, 7) is 2.01. The highest BCUT2D eigenvalue weighted by Crippen LogP contribution is 2.55. The molecule has 0 saturated heterocycles. The smallest absolute Gasteiger partial charge is 0.112 e. The van der Waals surface area contributed by atoms with Crippen LogP contribution in [0.15, 0.2) is 108 Å². The van der Waals surface area contributed by atoms with E-state index in [0.717, 1.165) is 24.4 Å². The second-order valence-electron chi connectivity index (χ2n) is 7.51. The Balaban J connectivity index is 0.00000256. The van der Waals surface area contributed by atoms with E-state index in [-0.39, 0.29) is 24.0 Å². The molecule has 4 aromatic rings. The van der Waals surface area contributed by atoms with Gasteiger partial charge < -0.3 is 28.4 Å². The van der Waals surface area contributed by atoms with E-state index in [4.69, 9.17) is 4.42 Å². The third-order valence-corrected chi connectivity index (χ3v) is 10.1. The lowest BCUT2D eigenvalue weighted by Gasteiger charge is -2.27. The second kappa shape index (κ2) is 10.9. The first-order chi connectivity index (χ1) is 14.3. The SMILES string of the molecule is Cc1ccc(CCCC[P+](c2ccccc2)(c2ccccc2)c2ccccc2)o1.[I-]. The molecule has 0 aliphatic carbocycles. The van der Waals surface area contributed by atoms with Crippen molar-refractivity contribution in [3.63, 3.8) is 0 Å². The molecule has 154 valence electrons. The fourth-order valence-corrected chi connectivity index (χ4v) is 8.56. The summed E-state index contributed by atoms with van der Waals surface area (Å²) in [5.74, 6) is 2.10. The molecule has 0 unspecified atom stereocenters. The first-order valence-corrected chi connectivity index (χ1v) is 12.4. The normalized spacial score (nSPS) is 11.1. The van der Waals surface area contributed by atoms with E-state index in [1.165, 1.54) is 28.5 Å². The van der Waals surface area contributed by atoms with Crippen LogP contribution >= 0.6 is 7.26 Å². The van der Waals surface area contributed by atoms with Crippen LogP contribution in [0.3, 0.4) is 0 Å². The van der Waals surface area contributed by atoms with E-state index >= 15 is 0 Å². The zero-order chi connectivity index (χ0) is 19.9. The van der Waals surface area contributed by atoms with Crippen LogP contribution in [0.4, 0.5) is 0 Å². The molecule has 0 spiro atoms. The predicted octanol–water partition coefficient (Wildman–Crippen LogP) is 2.91. The van der Waals surface area contributed by atoms with Gasteiger partial charge in [0.05, 0.1) is 6.16 Å². The molecule has 3 heteroatoms. The minimum Gasteiger partial charge on any atom is -1.00 e. The molecule has 3 aromatic carbocycles. The van der Waals surface area contributed by atoms with Crippen LogP contribution < -0.4 is 39.9 Å². The molecular weight excluding hydrogens is 498 g/mol. The van der Waals surface area contributed by atoms with Gasteiger partial charge >= 0.3 is 0 Å². The standard InChI is InChI=1S/C27H28OP.HI/c1-23-20-21-24(28-23)13-11-12-22-29(25-14-5-2-6-15-25,26-16-7-3-8-17-26)27-18-9-4-10-19-27;/h2-10,14-21H,11-13,22H2,1H3;1H/q+1;/p-1. The molecule has 0 fully saturated rings. The summed E-state index contributed by atoms with van der Waals surface area (Å²) >= 11 is 0. The topological polar surface area (TPSA) is 13.1 Å². The van der Waals surface area contributed by atoms with Crippen LogP contribution in [0.5, 0.6) is 0 Å². The van der Waals surface area contributed by atoms with Gasteiger partial charge in [-0.05, 0) is 68.3 Å². The van der Waals surface area contributed by atoms with Gasteiger partial charge in [0.2, 0.25) is 0 Å². The van der Waals surface area contributed by atoms with Gasteiger partial charge in [-0.2, -0.15) is 0 Å². The highest BCUT2D eigenvalue weighted by molar-refractivity contribution is 7.95. The number of rotatable bonds is 8. The lowest BCUT2D eigenvalue weighted by molar-refractivity contribution is -0.00000646. The van der Waals surface area contributed by atoms with Crippen LogP contribution in [-0.2, 0) is 6.42 Å². The largest absolute Gasteiger partial charge is 1.00 e. The molecule has 1 aromatic heterocycles. The summed E-state index contributed by atoms with van der Waals surface area (Å²) in [4.78, 5) is 0. The van der Waals surface area contributed by atoms with Crippen molar-refractivity contribution >= 4 is 23.2 Å². The van der Waals surface area contributed by atoms with Gasteiger partial charge in [-0.1, -0.05) is 54.6 Å². The maximum Gasteiger partial charge on any atom is 0.112 e. The van der Waals surface area contributed by atoms with Gasteiger partial charge in [-0.15, -0.1) is 0 Å². The highest BCUT2D eigenvalue weighted by atomic mass is 127. The number of benzene rings is 3. The van der Waals surface area contributed by atoms with Gasteiger partial charge in [-0.3, -0.25) is 0 Å². The molecule has 0 amide bonds. The Morgan fingerprint density at radius 1 is 0.600 bits per heavy atom. The quantitative estimate of drug-likeness (QED) is 0.196. The van der Waals surface area contributed by atoms with Gasteiger partial charge in [0, 0.05) is 6.42 Å². The van der Waals surface area contributed by atoms with Crippen molar-refractivity contribution in [3.8, 4) is 0 Å². The van der Waals surface area contributed by atoms with Crippen molar-refractivity contribution in [1.82, 2.24) is 0 Å². The molecule has 1 heterocycles. The van der Waals surface area contributed by atoms with Crippen molar-refractivity contribution in [2.45, 2.75) is 26.2 Å². The van der Waals surface area contributed by atoms with Crippen LogP contribution in [0.25, 0.3) is 0 Å². The molecular formula is C27H28IOP. The van der Waals surface area contributed by atoms with Gasteiger partial charge in [0.1, 0.15) is 34.7 Å². The molecule has 0 bridgehead atoms. The summed E-state index contributed by atoms with van der Waals surface area (Å²) in [7, 11) is -1.70. The minimum atomic E-state index is -1.70. The van der Waals surface area contributed by atoms with Crippen LogP contribution in [0, 0.1) is 6.92 Å². The number of hydrogen-bond donors (Lipinski definition) is 0. The summed E-state index contributed by atoms with van der Waals surface area (Å²) in [6, 6.07) is 37.6. The highest BCUT2D eigenvalue weighted by Gasteiger charge is 2.44. The number of aryl methyl sites for hydroxylation is 2. The fourth-order valence-electron chi connectivity index (χ4n) is 4.15. The van der Waals surface area contributed by atoms with Gasteiger partial charge in [-0.25, -0.2) is 0 Å². The monoisotopic (exact) mass is 526 g/mol. The second-order valence-corrected chi connectivity index (χ2v) is 11.1. The van der Waals surface area contributed by atoms with Gasteiger partial charge in [0.15, 0.2) is 0 Å². The Morgan fingerprint density at radius 3 is 1.47 bits per heavy atom. The molecule has 0 N–H and O–H groups in total. The van der Waals surface area contributed by atoms with E-state index in [9.17, 15) is 0 Å². The minimum absolute atomic E-state index is 0. The zero-order valence-corrected chi connectivity index (χ0v) is 20.4. The average molecular weight is 526 g/mol. The lowest BCUT2D eigenvalue weighted by atomic mass is 10.2. The number of unbranched alkanes of at least 4 members (excludes halogenated alkanes) is 1. The Labute approximate surface area is 197 Å². The molecule has 0 radical (unpaired) electrons. The average Bonchev–Trinajstić information content (AvgIpc) is 3.21. The number of halogens is 1.